The number of hydrogen-bond acceptors (Lipinski definition) is 7. The lowest BCUT2D eigenvalue weighted by molar-refractivity contribution is -0.384. The monoisotopic (exact) mass is 495 g/mol. The van der Waals surface area contributed by atoms with E-state index in [1.54, 1.807) is 0 Å². The van der Waals surface area contributed by atoms with Gasteiger partial charge in [-0.2, -0.15) is 4.31 Å². The highest BCUT2D eigenvalue weighted by atomic mass is 35.5. The number of ether oxygens (including phenoxy) is 1. The predicted molar refractivity (Wildman–Crippen MR) is 121 cm³/mol. The molecule has 0 bridgehead atoms. The Kier molecular flexibility index (Phi) is 7.67. The number of nitrogens with one attached hydrogen (secondary N) is 1. The summed E-state index contributed by atoms with van der Waals surface area (Å²) in [7, 11) is -3.90. The van der Waals surface area contributed by atoms with Gasteiger partial charge in [0.05, 0.1) is 15.5 Å². The molecule has 1 aliphatic rings. The Hall–Kier alpha value is -3.02. The smallest absolute Gasteiger partial charge is 0.338 e. The number of rotatable bonds is 7. The van der Waals surface area contributed by atoms with Crippen molar-refractivity contribution >= 4 is 44.9 Å². The molecule has 1 unspecified atom stereocenters. The Balaban J connectivity index is 1.65. The van der Waals surface area contributed by atoms with Gasteiger partial charge in [0.25, 0.3) is 11.6 Å². The third-order valence-corrected chi connectivity index (χ3v) is 7.45. The van der Waals surface area contributed by atoms with Crippen LogP contribution in [-0.4, -0.2) is 49.2 Å². The van der Waals surface area contributed by atoms with Crippen LogP contribution in [0, 0.1) is 16.0 Å². The predicted octanol–water partition coefficient (Wildman–Crippen LogP) is 3.46. The zero-order chi connectivity index (χ0) is 24.2. The van der Waals surface area contributed by atoms with Gasteiger partial charge in [-0.3, -0.25) is 14.9 Å². The van der Waals surface area contributed by atoms with E-state index in [2.05, 4.69) is 5.32 Å². The number of nitro groups is 1. The van der Waals surface area contributed by atoms with Gasteiger partial charge in [-0.25, -0.2) is 13.2 Å². The zero-order valence-corrected chi connectivity index (χ0v) is 19.3. The molecule has 3 rings (SSSR count). The molecule has 1 amide bonds. The van der Waals surface area contributed by atoms with Crippen LogP contribution in [0.3, 0.4) is 0 Å². The molecule has 2 aromatic carbocycles. The van der Waals surface area contributed by atoms with Gasteiger partial charge in [-0.05, 0) is 49.1 Å². The number of sulfonamides is 1. The maximum Gasteiger partial charge on any atom is 0.338 e. The number of anilines is 1. The SMILES string of the molecule is CC1CCCN(S(=O)(=O)c2cc(C(=O)OCC(=O)Nc3ccc([N+](=O)[O-])cc3)ccc2Cl)C1. The second-order valence-electron chi connectivity index (χ2n) is 7.68. The van der Waals surface area contributed by atoms with Gasteiger partial charge in [-0.15, -0.1) is 0 Å². The molecule has 1 aliphatic heterocycles. The fourth-order valence-electron chi connectivity index (χ4n) is 3.41. The van der Waals surface area contributed by atoms with E-state index in [0.717, 1.165) is 18.9 Å². The van der Waals surface area contributed by atoms with Crippen LogP contribution >= 0.6 is 11.6 Å². The van der Waals surface area contributed by atoms with Crippen molar-refractivity contribution in [2.45, 2.75) is 24.7 Å². The van der Waals surface area contributed by atoms with Crippen LogP contribution in [0.5, 0.6) is 0 Å². The molecule has 33 heavy (non-hydrogen) atoms. The Morgan fingerprint density at radius 3 is 2.58 bits per heavy atom. The molecular weight excluding hydrogens is 474 g/mol. The number of carbonyl (C=O) groups is 2. The van der Waals surface area contributed by atoms with E-state index in [9.17, 15) is 28.1 Å². The summed E-state index contributed by atoms with van der Waals surface area (Å²) in [5.74, 6) is -1.34. The number of carbonyl (C=O) groups excluding carboxylic acids is 2. The van der Waals surface area contributed by atoms with Crippen molar-refractivity contribution < 1.29 is 27.7 Å². The average Bonchev–Trinajstić information content (AvgIpc) is 2.78. The summed E-state index contributed by atoms with van der Waals surface area (Å²) in [6.45, 7) is 2.08. The first-order chi connectivity index (χ1) is 15.6. The van der Waals surface area contributed by atoms with Crippen molar-refractivity contribution in [2.75, 3.05) is 25.0 Å². The minimum atomic E-state index is -3.90. The van der Waals surface area contributed by atoms with E-state index in [1.165, 1.54) is 40.7 Å². The molecule has 0 saturated carbocycles. The van der Waals surface area contributed by atoms with Crippen molar-refractivity contribution in [1.29, 1.82) is 0 Å². The second kappa shape index (κ2) is 10.3. The van der Waals surface area contributed by atoms with Crippen LogP contribution in [0.2, 0.25) is 5.02 Å². The van der Waals surface area contributed by atoms with E-state index < -0.39 is 33.4 Å². The number of amides is 1. The number of esters is 1. The summed E-state index contributed by atoms with van der Waals surface area (Å²) in [6.07, 6.45) is 1.68. The summed E-state index contributed by atoms with van der Waals surface area (Å²) < 4.78 is 32.4. The molecule has 0 radical (unpaired) electrons. The Bertz CT molecular complexity index is 1170. The molecule has 1 heterocycles. The van der Waals surface area contributed by atoms with E-state index >= 15 is 0 Å². The molecule has 1 fully saturated rings. The first-order valence-electron chi connectivity index (χ1n) is 10.1. The van der Waals surface area contributed by atoms with Crippen LogP contribution < -0.4 is 5.32 Å². The normalized spacial score (nSPS) is 16.7. The topological polar surface area (TPSA) is 136 Å². The van der Waals surface area contributed by atoms with Gasteiger partial charge >= 0.3 is 5.97 Å². The Morgan fingerprint density at radius 1 is 1.24 bits per heavy atom. The number of piperidine rings is 1. The summed E-state index contributed by atoms with van der Waals surface area (Å²) in [6, 6.07) is 8.89. The minimum Gasteiger partial charge on any atom is -0.452 e. The lowest BCUT2D eigenvalue weighted by Gasteiger charge is -2.30. The highest BCUT2D eigenvalue weighted by molar-refractivity contribution is 7.89. The Labute approximate surface area is 195 Å². The largest absolute Gasteiger partial charge is 0.452 e. The Morgan fingerprint density at radius 2 is 1.94 bits per heavy atom. The molecule has 1 atom stereocenters. The fourth-order valence-corrected chi connectivity index (χ4v) is 5.51. The summed E-state index contributed by atoms with van der Waals surface area (Å²) in [5, 5.41) is 13.1. The van der Waals surface area contributed by atoms with Gasteiger partial charge in [0.2, 0.25) is 10.0 Å². The third kappa shape index (κ3) is 6.06. The van der Waals surface area contributed by atoms with Gasteiger partial charge in [0.15, 0.2) is 6.61 Å². The van der Waals surface area contributed by atoms with E-state index in [-0.39, 0.29) is 32.8 Å². The van der Waals surface area contributed by atoms with Crippen molar-refractivity contribution in [3.05, 3.63) is 63.2 Å². The number of halogens is 1. The van der Waals surface area contributed by atoms with Gasteiger partial charge in [-0.1, -0.05) is 18.5 Å². The first-order valence-corrected chi connectivity index (χ1v) is 11.9. The molecule has 1 saturated heterocycles. The average molecular weight is 496 g/mol. The molecule has 2 aromatic rings. The molecule has 0 spiro atoms. The fraction of sp³-hybridized carbons (Fsp3) is 0.333. The number of non-ortho nitro benzene ring substituents is 1. The molecule has 12 heteroatoms. The summed E-state index contributed by atoms with van der Waals surface area (Å²) >= 11 is 6.13. The third-order valence-electron chi connectivity index (χ3n) is 5.10. The lowest BCUT2D eigenvalue weighted by Crippen LogP contribution is -2.39. The number of nitro benzene ring substituents is 1. The molecular formula is C21H22ClN3O7S. The van der Waals surface area contributed by atoms with Gasteiger partial charge < -0.3 is 10.1 Å². The molecule has 176 valence electrons. The van der Waals surface area contributed by atoms with E-state index in [0.29, 0.717) is 13.1 Å². The van der Waals surface area contributed by atoms with Crippen molar-refractivity contribution in [2.24, 2.45) is 5.92 Å². The summed E-state index contributed by atoms with van der Waals surface area (Å²) in [4.78, 5) is 34.4. The van der Waals surface area contributed by atoms with Gasteiger partial charge in [0.1, 0.15) is 4.90 Å². The highest BCUT2D eigenvalue weighted by Gasteiger charge is 2.31. The first kappa shape index (κ1) is 24.6. The van der Waals surface area contributed by atoms with Crippen LogP contribution in [0.25, 0.3) is 0 Å². The maximum absolute atomic E-state index is 13.0. The van der Waals surface area contributed by atoms with Crippen LogP contribution in [-0.2, 0) is 19.6 Å². The minimum absolute atomic E-state index is 0.0132. The number of nitrogens with zero attached hydrogens (tertiary/aromatic N) is 2. The second-order valence-corrected chi connectivity index (χ2v) is 10.00. The number of benzene rings is 2. The highest BCUT2D eigenvalue weighted by Crippen LogP contribution is 2.29. The quantitative estimate of drug-likeness (QED) is 0.353. The van der Waals surface area contributed by atoms with Crippen LogP contribution in [0.1, 0.15) is 30.1 Å². The number of hydrogen-bond donors (Lipinski definition) is 1. The summed E-state index contributed by atoms with van der Waals surface area (Å²) in [5.41, 5.74) is 0.0929. The molecule has 0 aromatic heterocycles. The van der Waals surface area contributed by atoms with Crippen LogP contribution in [0.15, 0.2) is 47.4 Å². The van der Waals surface area contributed by atoms with E-state index in [4.69, 9.17) is 16.3 Å². The van der Waals surface area contributed by atoms with Crippen molar-refractivity contribution in [1.82, 2.24) is 4.31 Å². The van der Waals surface area contributed by atoms with Crippen LogP contribution in [0.4, 0.5) is 11.4 Å². The standard InChI is InChI=1S/C21H22ClN3O7S/c1-14-3-2-10-24(12-14)33(30,31)19-11-15(4-9-18(19)22)21(27)32-13-20(26)23-16-5-7-17(8-6-16)25(28)29/h4-9,11,14H,2-3,10,12-13H2,1H3,(H,23,26). The van der Waals surface area contributed by atoms with Crippen molar-refractivity contribution in [3.63, 3.8) is 0 Å². The zero-order valence-electron chi connectivity index (χ0n) is 17.7. The van der Waals surface area contributed by atoms with Crippen molar-refractivity contribution in [3.8, 4) is 0 Å². The van der Waals surface area contributed by atoms with Gasteiger partial charge in [0, 0.05) is 30.9 Å². The lowest BCUT2D eigenvalue weighted by atomic mass is 10.0. The molecule has 0 aliphatic carbocycles. The maximum atomic E-state index is 13.0. The molecule has 10 nitrogen and oxygen atoms in total. The van der Waals surface area contributed by atoms with E-state index in [1.807, 2.05) is 6.92 Å². The molecule has 1 N–H and O–H groups in total.